The van der Waals surface area contributed by atoms with Gasteiger partial charge in [0, 0.05) is 25.2 Å². The van der Waals surface area contributed by atoms with Crippen LogP contribution in [-0.2, 0) is 23.9 Å². The lowest BCUT2D eigenvalue weighted by Crippen LogP contribution is -2.85. The number of Topliss-reactive ketones (excluding diaryl/α,β-unsaturated/α-hetero) is 1. The number of aliphatic hydroxyl groups excluding tert-OH is 1. The van der Waals surface area contributed by atoms with E-state index in [9.17, 15) is 29.7 Å². The Morgan fingerprint density at radius 3 is 2.37 bits per heavy atom. The summed E-state index contributed by atoms with van der Waals surface area (Å²) in [5.74, 6) is -4.73. The van der Waals surface area contributed by atoms with Crippen molar-refractivity contribution in [3.8, 4) is 0 Å². The van der Waals surface area contributed by atoms with E-state index in [1.54, 1.807) is 6.92 Å². The molecule has 0 spiro atoms. The maximum atomic E-state index is 13.8. The van der Waals surface area contributed by atoms with Crippen molar-refractivity contribution in [1.29, 1.82) is 0 Å². The summed E-state index contributed by atoms with van der Waals surface area (Å²) in [5.41, 5.74) is -5.85. The van der Waals surface area contributed by atoms with Gasteiger partial charge in [0.15, 0.2) is 11.4 Å². The molecule has 3 fully saturated rings. The monoisotopic (exact) mass is 495 g/mol. The normalized spacial score (nSPS) is 44.3. The number of hydrogen-bond donors (Lipinski definition) is 4. The maximum Gasteiger partial charge on any atom is 0.443 e. The summed E-state index contributed by atoms with van der Waals surface area (Å²) in [7, 11) is 0. The predicted molar refractivity (Wildman–Crippen MR) is 123 cm³/mol. The van der Waals surface area contributed by atoms with Crippen LogP contribution in [0.1, 0.15) is 66.7 Å². The van der Waals surface area contributed by atoms with Gasteiger partial charge in [-0.2, -0.15) is 0 Å². The minimum absolute atomic E-state index is 0.0935. The minimum atomic E-state index is -2.43. The van der Waals surface area contributed by atoms with Crippen LogP contribution in [0.3, 0.4) is 0 Å². The number of ketones is 1. The molecule has 0 aromatic carbocycles. The lowest BCUT2D eigenvalue weighted by atomic mass is 9.39. The number of amides is 1. The molecule has 0 aromatic rings. The number of fused-ring (bicyclic) bond motifs is 3. The molecule has 4 N–H and O–H groups in total. The van der Waals surface area contributed by atoms with Crippen molar-refractivity contribution < 1.29 is 44.0 Å². The highest BCUT2D eigenvalue weighted by molar-refractivity contribution is 5.92. The fraction of sp³-hybridized carbons (Fsp3) is 0.720. The topological polar surface area (TPSA) is 152 Å². The van der Waals surface area contributed by atoms with Crippen LogP contribution >= 0.6 is 0 Å². The first-order valence-electron chi connectivity index (χ1n) is 11.7. The molecule has 2 saturated carbocycles. The average Bonchev–Trinajstić information content (AvgIpc) is 2.73. The molecule has 1 aliphatic heterocycles. The maximum absolute atomic E-state index is 13.8. The smallest absolute Gasteiger partial charge is 0.414 e. The Bertz CT molecular complexity index is 949. The quantitative estimate of drug-likeness (QED) is 0.261. The van der Waals surface area contributed by atoms with Gasteiger partial charge in [0.05, 0.1) is 23.5 Å². The van der Waals surface area contributed by atoms with Crippen LogP contribution < -0.4 is 5.48 Å². The summed E-state index contributed by atoms with van der Waals surface area (Å²) in [6, 6.07) is 0. The van der Waals surface area contributed by atoms with Gasteiger partial charge in [-0.05, 0) is 32.6 Å². The van der Waals surface area contributed by atoms with Gasteiger partial charge in [-0.1, -0.05) is 26.0 Å². The van der Waals surface area contributed by atoms with E-state index >= 15 is 0 Å². The number of hydroxylamine groups is 1. The van der Waals surface area contributed by atoms with E-state index in [4.69, 9.17) is 9.47 Å². The van der Waals surface area contributed by atoms with Crippen LogP contribution in [0.5, 0.6) is 0 Å². The third kappa shape index (κ3) is 3.82. The summed E-state index contributed by atoms with van der Waals surface area (Å²) in [4.78, 5) is 42.6. The van der Waals surface area contributed by atoms with E-state index in [0.29, 0.717) is 6.42 Å². The Balaban J connectivity index is 2.11. The third-order valence-electron chi connectivity index (χ3n) is 8.51. The van der Waals surface area contributed by atoms with E-state index in [2.05, 4.69) is 18.0 Å². The lowest BCUT2D eigenvalue weighted by Gasteiger charge is -2.71. The molecular formula is C25H37NO9. The molecule has 1 heterocycles. The minimum Gasteiger partial charge on any atom is -0.414 e. The molecule has 0 radical (unpaired) electrons. The standard InChI is InChI=1S/C25H37NO9/c1-8-10-17(29)34-26-19(30)33-24(31)12-11-20(3,4)18-15(27)13-22(6)25(32,23(18,24)7)16(28)14-21(5,9-2)35-22/h8-9,15,18,27,31-32H,1-2,10-14H2,3-7H3,(H,26,30)/t15-,18+,21+,22-,23-,24-,25-/m1/s1. The molecule has 1 amide bonds. The summed E-state index contributed by atoms with van der Waals surface area (Å²) in [6.45, 7) is 15.5. The zero-order valence-electron chi connectivity index (χ0n) is 21.1. The fourth-order valence-electron chi connectivity index (χ4n) is 6.96. The van der Waals surface area contributed by atoms with Gasteiger partial charge in [-0.15, -0.1) is 18.6 Å². The van der Waals surface area contributed by atoms with Crippen LogP contribution in [0.25, 0.3) is 0 Å². The van der Waals surface area contributed by atoms with E-state index in [1.165, 1.54) is 26.0 Å². The number of nitrogens with one attached hydrogen (secondary N) is 1. The summed E-state index contributed by atoms with van der Waals surface area (Å²) >= 11 is 0. The van der Waals surface area contributed by atoms with Gasteiger partial charge in [0.1, 0.15) is 5.60 Å². The zero-order chi connectivity index (χ0) is 26.7. The van der Waals surface area contributed by atoms with E-state index in [1.807, 2.05) is 19.3 Å². The van der Waals surface area contributed by atoms with Gasteiger partial charge in [0.2, 0.25) is 5.79 Å². The molecule has 3 rings (SSSR count). The van der Waals surface area contributed by atoms with Crippen molar-refractivity contribution in [2.75, 3.05) is 0 Å². The van der Waals surface area contributed by atoms with Gasteiger partial charge in [0.25, 0.3) is 0 Å². The van der Waals surface area contributed by atoms with Crippen molar-refractivity contribution in [1.82, 2.24) is 5.48 Å². The second kappa shape index (κ2) is 8.40. The molecule has 35 heavy (non-hydrogen) atoms. The van der Waals surface area contributed by atoms with E-state index in [-0.39, 0.29) is 25.7 Å². The van der Waals surface area contributed by atoms with Crippen LogP contribution in [0.15, 0.2) is 25.3 Å². The highest BCUT2D eigenvalue weighted by Gasteiger charge is 2.82. The molecule has 0 bridgehead atoms. The Morgan fingerprint density at radius 1 is 1.17 bits per heavy atom. The van der Waals surface area contributed by atoms with Gasteiger partial charge >= 0.3 is 12.1 Å². The first-order chi connectivity index (χ1) is 16.0. The number of carbonyl (C=O) groups excluding carboxylic acids is 3. The van der Waals surface area contributed by atoms with Crippen molar-refractivity contribution in [3.63, 3.8) is 0 Å². The average molecular weight is 496 g/mol. The van der Waals surface area contributed by atoms with Crippen LogP contribution in [0.2, 0.25) is 0 Å². The van der Waals surface area contributed by atoms with Crippen molar-refractivity contribution >= 4 is 17.8 Å². The van der Waals surface area contributed by atoms with Gasteiger partial charge in [-0.25, -0.2) is 9.59 Å². The van der Waals surface area contributed by atoms with Crippen molar-refractivity contribution in [2.45, 2.75) is 95.4 Å². The SMILES string of the molecule is C=CCC(=O)ONC(=O)O[C@]1(O)CCC(C)(C)[C@@H]2[C@H](O)C[C@@]3(C)O[C@@](C)(C=C)CC(=O)[C@]3(O)[C@]21C. The number of ether oxygens (including phenoxy) is 2. The first kappa shape index (κ1) is 27.3. The zero-order valence-corrected chi connectivity index (χ0v) is 21.1. The lowest BCUT2D eigenvalue weighted by molar-refractivity contribution is -0.398. The molecule has 2 aliphatic carbocycles. The Labute approximate surface area is 205 Å². The summed E-state index contributed by atoms with van der Waals surface area (Å²) < 4.78 is 11.7. The molecular weight excluding hydrogens is 458 g/mol. The van der Waals surface area contributed by atoms with E-state index in [0.717, 1.165) is 0 Å². The number of hydrogen-bond acceptors (Lipinski definition) is 9. The Hall–Kier alpha value is -2.27. The Kier molecular flexibility index (Phi) is 6.56. The van der Waals surface area contributed by atoms with E-state index < -0.39 is 63.3 Å². The number of rotatable bonds is 4. The van der Waals surface area contributed by atoms with Crippen LogP contribution in [-0.4, -0.2) is 61.9 Å². The summed E-state index contributed by atoms with van der Waals surface area (Å²) in [5, 5.41) is 35.6. The van der Waals surface area contributed by atoms with Crippen molar-refractivity contribution in [2.24, 2.45) is 16.7 Å². The molecule has 10 heteroatoms. The largest absolute Gasteiger partial charge is 0.443 e. The molecule has 10 nitrogen and oxygen atoms in total. The molecule has 3 aliphatic rings. The predicted octanol–water partition coefficient (Wildman–Crippen LogP) is 2.07. The molecule has 1 saturated heterocycles. The Morgan fingerprint density at radius 2 is 1.80 bits per heavy atom. The molecule has 196 valence electrons. The van der Waals surface area contributed by atoms with Crippen LogP contribution in [0, 0.1) is 16.7 Å². The molecule has 0 unspecified atom stereocenters. The van der Waals surface area contributed by atoms with Crippen molar-refractivity contribution in [3.05, 3.63) is 25.3 Å². The van der Waals surface area contributed by atoms with Crippen LogP contribution in [0.4, 0.5) is 4.79 Å². The number of carbonyl (C=O) groups is 3. The second-order valence-electron chi connectivity index (χ2n) is 11.3. The first-order valence-corrected chi connectivity index (χ1v) is 11.7. The molecule has 0 aromatic heterocycles. The third-order valence-corrected chi connectivity index (χ3v) is 8.51. The fourth-order valence-corrected chi connectivity index (χ4v) is 6.96. The number of aliphatic hydroxyl groups is 3. The highest BCUT2D eigenvalue weighted by Crippen LogP contribution is 2.69. The highest BCUT2D eigenvalue weighted by atomic mass is 16.7. The van der Waals surface area contributed by atoms with Gasteiger partial charge < -0.3 is 29.6 Å². The second-order valence-corrected chi connectivity index (χ2v) is 11.3. The molecule has 7 atom stereocenters. The van der Waals surface area contributed by atoms with Gasteiger partial charge in [-0.3, -0.25) is 4.79 Å². The summed E-state index contributed by atoms with van der Waals surface area (Å²) in [6.07, 6.45) is -0.0182.